The first-order valence-corrected chi connectivity index (χ1v) is 6.60. The number of pyridine rings is 1. The second kappa shape index (κ2) is 5.37. The molecule has 2 heterocycles. The molecule has 0 saturated carbocycles. The second-order valence-corrected chi connectivity index (χ2v) is 5.16. The molecule has 2 aromatic rings. The van der Waals surface area contributed by atoms with Gasteiger partial charge in [0.1, 0.15) is 11.5 Å². The van der Waals surface area contributed by atoms with Crippen molar-refractivity contribution in [3.8, 4) is 0 Å². The van der Waals surface area contributed by atoms with Crippen molar-refractivity contribution >= 4 is 34.7 Å². The minimum absolute atomic E-state index is 0.0863. The van der Waals surface area contributed by atoms with E-state index >= 15 is 0 Å². The summed E-state index contributed by atoms with van der Waals surface area (Å²) >= 11 is 7.51. The average Bonchev–Trinajstić information content (AvgIpc) is 2.85. The summed E-state index contributed by atoms with van der Waals surface area (Å²) in [6, 6.07) is 6.94. The van der Waals surface area contributed by atoms with Crippen molar-refractivity contribution in [2.24, 2.45) is 0 Å². The van der Waals surface area contributed by atoms with Crippen LogP contribution in [0.25, 0.3) is 0 Å². The van der Waals surface area contributed by atoms with E-state index in [-0.39, 0.29) is 23.5 Å². The van der Waals surface area contributed by atoms with Crippen molar-refractivity contribution in [2.45, 2.75) is 13.0 Å². The third-order valence-corrected chi connectivity index (χ3v) is 3.76. The van der Waals surface area contributed by atoms with Crippen LogP contribution in [-0.4, -0.2) is 10.9 Å². The number of nitrogens with zero attached hydrogens (tertiary/aromatic N) is 1. The molecule has 2 rings (SSSR count). The molecule has 4 nitrogen and oxygen atoms in total. The Kier molecular flexibility index (Phi) is 3.84. The van der Waals surface area contributed by atoms with E-state index in [1.165, 1.54) is 0 Å². The second-order valence-electron chi connectivity index (χ2n) is 3.78. The van der Waals surface area contributed by atoms with Crippen molar-refractivity contribution < 1.29 is 4.79 Å². The lowest BCUT2D eigenvalue weighted by Crippen LogP contribution is -2.27. The highest BCUT2D eigenvalue weighted by molar-refractivity contribution is 7.10. The van der Waals surface area contributed by atoms with Crippen LogP contribution in [-0.2, 0) is 0 Å². The zero-order valence-corrected chi connectivity index (χ0v) is 11.3. The molecule has 2 aromatic heterocycles. The number of thiophene rings is 1. The van der Waals surface area contributed by atoms with Crippen LogP contribution in [0, 0.1) is 0 Å². The lowest BCUT2D eigenvalue weighted by molar-refractivity contribution is 0.0936. The third-order valence-electron chi connectivity index (χ3n) is 2.40. The van der Waals surface area contributed by atoms with Gasteiger partial charge < -0.3 is 11.1 Å². The van der Waals surface area contributed by atoms with E-state index in [1.807, 2.05) is 24.4 Å². The first kappa shape index (κ1) is 12.9. The molecule has 0 aliphatic rings. The predicted octanol–water partition coefficient (Wildman–Crippen LogP) is 2.87. The SMILES string of the molecule is CC(NC(=O)c1nc(N)ccc1Cl)c1cccs1. The van der Waals surface area contributed by atoms with E-state index in [2.05, 4.69) is 10.3 Å². The van der Waals surface area contributed by atoms with E-state index in [9.17, 15) is 4.79 Å². The van der Waals surface area contributed by atoms with Crippen LogP contribution < -0.4 is 11.1 Å². The van der Waals surface area contributed by atoms with Crippen LogP contribution in [0.5, 0.6) is 0 Å². The number of carbonyl (C=O) groups excluding carboxylic acids is 1. The van der Waals surface area contributed by atoms with E-state index in [0.717, 1.165) is 4.88 Å². The zero-order valence-electron chi connectivity index (χ0n) is 9.68. The molecule has 0 aliphatic heterocycles. The molecule has 18 heavy (non-hydrogen) atoms. The molecule has 0 aromatic carbocycles. The largest absolute Gasteiger partial charge is 0.384 e. The maximum absolute atomic E-state index is 12.0. The highest BCUT2D eigenvalue weighted by Gasteiger charge is 2.16. The molecule has 1 amide bonds. The van der Waals surface area contributed by atoms with Crippen molar-refractivity contribution in [1.82, 2.24) is 10.3 Å². The fourth-order valence-electron chi connectivity index (χ4n) is 1.49. The van der Waals surface area contributed by atoms with Crippen LogP contribution >= 0.6 is 22.9 Å². The molecule has 0 radical (unpaired) electrons. The fraction of sp³-hybridized carbons (Fsp3) is 0.167. The topological polar surface area (TPSA) is 68.0 Å². The number of carbonyl (C=O) groups is 1. The third kappa shape index (κ3) is 2.80. The number of nitrogens with two attached hydrogens (primary N) is 1. The van der Waals surface area contributed by atoms with Crippen molar-refractivity contribution in [3.05, 3.63) is 45.2 Å². The average molecular weight is 282 g/mol. The fourth-order valence-corrected chi connectivity index (χ4v) is 2.42. The lowest BCUT2D eigenvalue weighted by atomic mass is 10.2. The van der Waals surface area contributed by atoms with Gasteiger partial charge in [-0.2, -0.15) is 0 Å². The van der Waals surface area contributed by atoms with Gasteiger partial charge in [-0.3, -0.25) is 4.79 Å². The standard InChI is InChI=1S/C12H12ClN3OS/c1-7(9-3-2-6-18-9)15-12(17)11-8(13)4-5-10(14)16-11/h2-7H,1H3,(H2,14,16)(H,15,17). The highest BCUT2D eigenvalue weighted by Crippen LogP contribution is 2.20. The maximum Gasteiger partial charge on any atom is 0.272 e. The minimum Gasteiger partial charge on any atom is -0.384 e. The summed E-state index contributed by atoms with van der Waals surface area (Å²) in [5, 5.41) is 5.09. The summed E-state index contributed by atoms with van der Waals surface area (Å²) in [6.07, 6.45) is 0. The van der Waals surface area contributed by atoms with Crippen LogP contribution in [0.15, 0.2) is 29.6 Å². The molecule has 0 saturated heterocycles. The highest BCUT2D eigenvalue weighted by atomic mass is 35.5. The van der Waals surface area contributed by atoms with Crippen LogP contribution in [0.1, 0.15) is 28.3 Å². The van der Waals surface area contributed by atoms with Crippen LogP contribution in [0.3, 0.4) is 0 Å². The van der Waals surface area contributed by atoms with Gasteiger partial charge in [0.05, 0.1) is 11.1 Å². The number of anilines is 1. The van der Waals surface area contributed by atoms with Crippen molar-refractivity contribution in [1.29, 1.82) is 0 Å². The smallest absolute Gasteiger partial charge is 0.272 e. The van der Waals surface area contributed by atoms with Gasteiger partial charge in [-0.25, -0.2) is 4.98 Å². The molecule has 0 bridgehead atoms. The number of amides is 1. The summed E-state index contributed by atoms with van der Waals surface area (Å²) in [6.45, 7) is 1.91. The van der Waals surface area contributed by atoms with Crippen LogP contribution in [0.4, 0.5) is 5.82 Å². The number of nitrogen functional groups attached to an aromatic ring is 1. The van der Waals surface area contributed by atoms with Gasteiger partial charge in [-0.1, -0.05) is 17.7 Å². The summed E-state index contributed by atoms with van der Waals surface area (Å²) in [5.41, 5.74) is 5.70. The number of aromatic nitrogens is 1. The zero-order chi connectivity index (χ0) is 13.1. The first-order valence-electron chi connectivity index (χ1n) is 5.34. The molecule has 6 heteroatoms. The monoisotopic (exact) mass is 281 g/mol. The van der Waals surface area contributed by atoms with E-state index in [4.69, 9.17) is 17.3 Å². The normalized spacial score (nSPS) is 12.1. The van der Waals surface area contributed by atoms with Gasteiger partial charge in [-0.05, 0) is 30.5 Å². The first-order chi connectivity index (χ1) is 8.58. The quantitative estimate of drug-likeness (QED) is 0.909. The number of nitrogens with one attached hydrogen (secondary N) is 1. The molecule has 3 N–H and O–H groups in total. The molecule has 0 spiro atoms. The number of rotatable bonds is 3. The van der Waals surface area contributed by atoms with Crippen LogP contribution in [0.2, 0.25) is 5.02 Å². The molecular formula is C12H12ClN3OS. The van der Waals surface area contributed by atoms with Gasteiger partial charge in [0, 0.05) is 4.88 Å². The Labute approximate surface area is 114 Å². The molecule has 1 atom stereocenters. The summed E-state index contributed by atoms with van der Waals surface area (Å²) in [7, 11) is 0. The van der Waals surface area contributed by atoms with E-state index < -0.39 is 0 Å². The Hall–Kier alpha value is -1.59. The van der Waals surface area contributed by atoms with Crippen molar-refractivity contribution in [3.63, 3.8) is 0 Å². The van der Waals surface area contributed by atoms with Gasteiger partial charge in [-0.15, -0.1) is 11.3 Å². The number of halogens is 1. The Balaban J connectivity index is 2.15. The molecule has 0 fully saturated rings. The summed E-state index contributed by atoms with van der Waals surface area (Å²) < 4.78 is 0. The molecular weight excluding hydrogens is 270 g/mol. The van der Waals surface area contributed by atoms with Crippen molar-refractivity contribution in [2.75, 3.05) is 5.73 Å². The summed E-state index contributed by atoms with van der Waals surface area (Å²) in [4.78, 5) is 17.0. The Morgan fingerprint density at radius 1 is 1.50 bits per heavy atom. The summed E-state index contributed by atoms with van der Waals surface area (Å²) in [5.74, 6) is -0.0541. The lowest BCUT2D eigenvalue weighted by Gasteiger charge is -2.12. The van der Waals surface area contributed by atoms with Gasteiger partial charge >= 0.3 is 0 Å². The maximum atomic E-state index is 12.0. The van der Waals surface area contributed by atoms with Gasteiger partial charge in [0.15, 0.2) is 0 Å². The molecule has 1 unspecified atom stereocenters. The number of hydrogen-bond donors (Lipinski definition) is 2. The molecule has 94 valence electrons. The van der Waals surface area contributed by atoms with Gasteiger partial charge in [0.2, 0.25) is 0 Å². The predicted molar refractivity (Wildman–Crippen MR) is 73.9 cm³/mol. The molecule has 0 aliphatic carbocycles. The number of hydrogen-bond acceptors (Lipinski definition) is 4. The Bertz CT molecular complexity index is 556. The Morgan fingerprint density at radius 3 is 2.94 bits per heavy atom. The van der Waals surface area contributed by atoms with E-state index in [0.29, 0.717) is 5.02 Å². The van der Waals surface area contributed by atoms with Gasteiger partial charge in [0.25, 0.3) is 5.91 Å². The van der Waals surface area contributed by atoms with E-state index in [1.54, 1.807) is 23.5 Å². The Morgan fingerprint density at radius 2 is 2.28 bits per heavy atom. The minimum atomic E-state index is -0.326.